The highest BCUT2D eigenvalue weighted by Gasteiger charge is 2.28. The van der Waals surface area contributed by atoms with Gasteiger partial charge < -0.3 is 21.8 Å². The van der Waals surface area contributed by atoms with Gasteiger partial charge in [0.15, 0.2) is 0 Å². The second kappa shape index (κ2) is 6.92. The molecule has 1 saturated carbocycles. The Morgan fingerprint density at radius 2 is 1.95 bits per heavy atom. The van der Waals surface area contributed by atoms with Gasteiger partial charge >= 0.3 is 0 Å². The van der Waals surface area contributed by atoms with Crippen LogP contribution < -0.4 is 16.4 Å². The molecule has 2 atom stereocenters. The fourth-order valence-electron chi connectivity index (χ4n) is 2.49. The predicted molar refractivity (Wildman–Crippen MR) is 73.3 cm³/mol. The Morgan fingerprint density at radius 3 is 2.42 bits per heavy atom. The van der Waals surface area contributed by atoms with Gasteiger partial charge in [0.2, 0.25) is 5.91 Å². The third-order valence-electron chi connectivity index (χ3n) is 3.62. The summed E-state index contributed by atoms with van der Waals surface area (Å²) in [5.41, 5.74) is 5.36. The van der Waals surface area contributed by atoms with E-state index in [0.717, 1.165) is 31.9 Å². The zero-order chi connectivity index (χ0) is 14.4. The van der Waals surface area contributed by atoms with Crippen LogP contribution in [0, 0.1) is 17.2 Å². The van der Waals surface area contributed by atoms with Gasteiger partial charge in [-0.05, 0) is 18.8 Å². The molecule has 0 aromatic carbocycles. The van der Waals surface area contributed by atoms with Crippen LogP contribution in [0.25, 0.3) is 0 Å². The minimum absolute atomic E-state index is 0.0480. The third-order valence-corrected chi connectivity index (χ3v) is 3.62. The molecule has 19 heavy (non-hydrogen) atoms. The van der Waals surface area contributed by atoms with Crippen molar-refractivity contribution in [3.8, 4) is 0 Å². The van der Waals surface area contributed by atoms with Crippen LogP contribution in [0.1, 0.15) is 32.6 Å². The monoisotopic (exact) mass is 266 g/mol. The second-order valence-corrected chi connectivity index (χ2v) is 4.90. The number of amides is 2. The highest BCUT2D eigenvalue weighted by atomic mass is 16.2. The van der Waals surface area contributed by atoms with Gasteiger partial charge in [0.1, 0.15) is 5.70 Å². The van der Waals surface area contributed by atoms with Crippen molar-refractivity contribution in [2.24, 2.45) is 17.6 Å². The summed E-state index contributed by atoms with van der Waals surface area (Å²) in [7, 11) is 1.53. The third kappa shape index (κ3) is 3.81. The van der Waals surface area contributed by atoms with Gasteiger partial charge in [-0.2, -0.15) is 0 Å². The number of nitrogens with one attached hydrogen (secondary N) is 3. The van der Waals surface area contributed by atoms with Gasteiger partial charge in [0.25, 0.3) is 5.91 Å². The van der Waals surface area contributed by atoms with E-state index in [1.54, 1.807) is 0 Å². The SMILES string of the molecule is CN/C(C(N)=O)=C(\C=N)NC(=O)C1CCCCC1C. The Morgan fingerprint density at radius 1 is 1.32 bits per heavy atom. The molecular weight excluding hydrogens is 244 g/mol. The maximum Gasteiger partial charge on any atom is 0.266 e. The van der Waals surface area contributed by atoms with Crippen molar-refractivity contribution < 1.29 is 9.59 Å². The Hall–Kier alpha value is -1.85. The molecule has 0 aromatic heterocycles. The van der Waals surface area contributed by atoms with Crippen molar-refractivity contribution in [2.75, 3.05) is 7.05 Å². The molecule has 2 amide bonds. The number of likely N-dealkylation sites (N-methyl/N-ethyl adjacent to an activating group) is 1. The highest BCUT2D eigenvalue weighted by molar-refractivity contribution is 6.00. The van der Waals surface area contributed by atoms with Crippen molar-refractivity contribution in [1.29, 1.82) is 5.41 Å². The van der Waals surface area contributed by atoms with E-state index in [2.05, 4.69) is 17.6 Å². The van der Waals surface area contributed by atoms with Crippen molar-refractivity contribution in [3.05, 3.63) is 11.4 Å². The van der Waals surface area contributed by atoms with E-state index >= 15 is 0 Å². The topological polar surface area (TPSA) is 108 Å². The lowest BCUT2D eigenvalue weighted by Crippen LogP contribution is -2.38. The van der Waals surface area contributed by atoms with E-state index in [0.29, 0.717) is 5.92 Å². The van der Waals surface area contributed by atoms with Crippen molar-refractivity contribution in [1.82, 2.24) is 10.6 Å². The Labute approximate surface area is 113 Å². The molecule has 0 heterocycles. The zero-order valence-electron chi connectivity index (χ0n) is 11.5. The average molecular weight is 266 g/mol. The van der Waals surface area contributed by atoms with Crippen molar-refractivity contribution in [2.45, 2.75) is 32.6 Å². The summed E-state index contributed by atoms with van der Waals surface area (Å²) >= 11 is 0. The average Bonchev–Trinajstić information content (AvgIpc) is 2.38. The summed E-state index contributed by atoms with van der Waals surface area (Å²) in [6, 6.07) is 0. The molecule has 0 aliphatic heterocycles. The molecule has 0 aromatic rings. The molecule has 0 bridgehead atoms. The molecule has 5 N–H and O–H groups in total. The molecule has 1 aliphatic carbocycles. The maximum atomic E-state index is 12.2. The first-order valence-electron chi connectivity index (χ1n) is 6.54. The van der Waals surface area contributed by atoms with E-state index in [9.17, 15) is 9.59 Å². The fourth-order valence-corrected chi connectivity index (χ4v) is 2.49. The molecule has 6 nitrogen and oxygen atoms in total. The molecule has 0 radical (unpaired) electrons. The molecule has 1 aliphatic rings. The van der Waals surface area contributed by atoms with E-state index in [4.69, 9.17) is 11.1 Å². The first kappa shape index (κ1) is 15.2. The van der Waals surface area contributed by atoms with Gasteiger partial charge in [0, 0.05) is 19.2 Å². The molecule has 1 rings (SSSR count). The van der Waals surface area contributed by atoms with Crippen LogP contribution in [0.4, 0.5) is 0 Å². The smallest absolute Gasteiger partial charge is 0.266 e. The van der Waals surface area contributed by atoms with Gasteiger partial charge in [0.05, 0.1) is 5.70 Å². The van der Waals surface area contributed by atoms with Gasteiger partial charge in [-0.25, -0.2) is 0 Å². The summed E-state index contributed by atoms with van der Waals surface area (Å²) in [5, 5.41) is 12.5. The predicted octanol–water partition coefficient (Wildman–Crippen LogP) is 0.495. The van der Waals surface area contributed by atoms with Crippen LogP contribution in [0.3, 0.4) is 0 Å². The largest absolute Gasteiger partial charge is 0.382 e. The normalized spacial score (nSPS) is 24.1. The lowest BCUT2D eigenvalue weighted by molar-refractivity contribution is -0.126. The Bertz CT molecular complexity index is 403. The quantitative estimate of drug-likeness (QED) is 0.429. The number of hydrogen-bond acceptors (Lipinski definition) is 4. The molecular formula is C13H22N4O2. The molecule has 106 valence electrons. The van der Waals surface area contributed by atoms with Crippen LogP contribution in [0.5, 0.6) is 0 Å². The van der Waals surface area contributed by atoms with E-state index in [1.165, 1.54) is 7.05 Å². The van der Waals surface area contributed by atoms with Gasteiger partial charge in [-0.3, -0.25) is 9.59 Å². The minimum atomic E-state index is -0.696. The molecule has 2 unspecified atom stereocenters. The molecule has 0 spiro atoms. The standard InChI is InChI=1S/C13H22N4O2/c1-8-5-3-4-6-9(8)13(19)17-10(7-14)11(16-2)12(15)18/h7-9,14,16H,3-6H2,1-2H3,(H2,15,18)(H,17,19)/b11-10+,14-7?. The van der Waals surface area contributed by atoms with E-state index < -0.39 is 5.91 Å². The number of carbonyl (C=O) groups excluding carboxylic acids is 2. The number of carbonyl (C=O) groups is 2. The number of hydrogen-bond donors (Lipinski definition) is 4. The second-order valence-electron chi connectivity index (χ2n) is 4.90. The van der Waals surface area contributed by atoms with Gasteiger partial charge in [-0.15, -0.1) is 0 Å². The zero-order valence-corrected chi connectivity index (χ0v) is 11.5. The van der Waals surface area contributed by atoms with Gasteiger partial charge in [-0.1, -0.05) is 19.8 Å². The Balaban J connectivity index is 2.83. The van der Waals surface area contributed by atoms with Crippen LogP contribution >= 0.6 is 0 Å². The number of nitrogens with two attached hydrogens (primary N) is 1. The first-order chi connectivity index (χ1) is 9.01. The molecule has 6 heteroatoms. The van der Waals surface area contributed by atoms with Crippen LogP contribution in [-0.4, -0.2) is 25.1 Å². The lowest BCUT2D eigenvalue weighted by atomic mass is 9.80. The molecule has 0 saturated heterocycles. The maximum absolute atomic E-state index is 12.2. The fraction of sp³-hybridized carbons (Fsp3) is 0.615. The molecule has 1 fully saturated rings. The number of allylic oxidation sites excluding steroid dienone is 1. The number of primary amides is 1. The van der Waals surface area contributed by atoms with E-state index in [1.807, 2.05) is 0 Å². The number of rotatable bonds is 5. The summed E-state index contributed by atoms with van der Waals surface area (Å²) in [4.78, 5) is 23.4. The lowest BCUT2D eigenvalue weighted by Gasteiger charge is -2.27. The van der Waals surface area contributed by atoms with Crippen LogP contribution in [0.2, 0.25) is 0 Å². The highest BCUT2D eigenvalue weighted by Crippen LogP contribution is 2.29. The van der Waals surface area contributed by atoms with Crippen molar-refractivity contribution in [3.63, 3.8) is 0 Å². The summed E-state index contributed by atoms with van der Waals surface area (Å²) in [6.45, 7) is 2.06. The van der Waals surface area contributed by atoms with Crippen molar-refractivity contribution >= 4 is 18.0 Å². The van der Waals surface area contributed by atoms with E-state index in [-0.39, 0.29) is 23.2 Å². The van der Waals surface area contributed by atoms with Crippen LogP contribution in [0.15, 0.2) is 11.4 Å². The Kier molecular flexibility index (Phi) is 5.54. The van der Waals surface area contributed by atoms with Crippen LogP contribution in [-0.2, 0) is 9.59 Å². The summed E-state index contributed by atoms with van der Waals surface area (Å²) < 4.78 is 0. The first-order valence-corrected chi connectivity index (χ1v) is 6.54. The summed E-state index contributed by atoms with van der Waals surface area (Å²) in [6.07, 6.45) is 5.02. The minimum Gasteiger partial charge on any atom is -0.382 e. The summed E-state index contributed by atoms with van der Waals surface area (Å²) in [5.74, 6) is -0.570.